The second-order valence-corrected chi connectivity index (χ2v) is 11.6. The first-order valence-electron chi connectivity index (χ1n) is 9.60. The van der Waals surface area contributed by atoms with Gasteiger partial charge in [-0.1, -0.05) is 36.8 Å². The summed E-state index contributed by atoms with van der Waals surface area (Å²) < 4.78 is 21.0. The van der Waals surface area contributed by atoms with E-state index in [0.717, 1.165) is 41.7 Å². The number of hydrogen-bond acceptors (Lipinski definition) is 4. The van der Waals surface area contributed by atoms with Gasteiger partial charge in [0.15, 0.2) is 0 Å². The Morgan fingerprint density at radius 3 is 2.36 bits per heavy atom. The van der Waals surface area contributed by atoms with Crippen molar-refractivity contribution >= 4 is 30.5 Å². The molecule has 1 aliphatic carbocycles. The maximum absolute atomic E-state index is 13.8. The van der Waals surface area contributed by atoms with Crippen LogP contribution in [0.4, 0.5) is 5.69 Å². The van der Waals surface area contributed by atoms with Gasteiger partial charge in [0.2, 0.25) is 0 Å². The minimum Gasteiger partial charge on any atom is -0.477 e. The van der Waals surface area contributed by atoms with Gasteiger partial charge in [-0.25, -0.2) is 4.79 Å². The lowest BCUT2D eigenvalue weighted by atomic mass is 9.91. The van der Waals surface area contributed by atoms with Crippen LogP contribution in [0.25, 0.3) is 10.4 Å². The van der Waals surface area contributed by atoms with Gasteiger partial charge in [-0.05, 0) is 50.2 Å². The Kier molecular flexibility index (Phi) is 6.33. The monoisotopic (exact) mass is 421 g/mol. The molecule has 3 rings (SSSR count). The Balaban J connectivity index is 1.99. The number of anilines is 1. The molecule has 7 heteroatoms. The number of carbonyl (C=O) groups is 1. The van der Waals surface area contributed by atoms with Crippen LogP contribution in [0.3, 0.4) is 0 Å². The first kappa shape index (κ1) is 21.1. The Labute approximate surface area is 170 Å². The lowest BCUT2D eigenvalue weighted by Gasteiger charge is -2.37. The quantitative estimate of drug-likeness (QED) is 0.556. The average Bonchev–Trinajstić information content (AvgIpc) is 3.13. The summed E-state index contributed by atoms with van der Waals surface area (Å²) in [5, 5.41) is 9.76. The third-order valence-electron chi connectivity index (χ3n) is 5.72. The molecule has 0 radical (unpaired) electrons. The molecule has 1 fully saturated rings. The van der Waals surface area contributed by atoms with Gasteiger partial charge in [0.1, 0.15) is 4.88 Å². The number of rotatable bonds is 6. The van der Waals surface area contributed by atoms with Crippen molar-refractivity contribution in [3.63, 3.8) is 0 Å². The Morgan fingerprint density at radius 2 is 1.82 bits per heavy atom. The zero-order valence-corrected chi connectivity index (χ0v) is 18.6. The van der Waals surface area contributed by atoms with E-state index in [0.29, 0.717) is 11.6 Å². The molecule has 1 saturated carbocycles. The molecule has 0 bridgehead atoms. The summed E-state index contributed by atoms with van der Waals surface area (Å²) in [5.41, 5.74) is 2.50. The fourth-order valence-electron chi connectivity index (χ4n) is 3.87. The van der Waals surface area contributed by atoms with Gasteiger partial charge in [-0.15, -0.1) is 11.3 Å². The summed E-state index contributed by atoms with van der Waals surface area (Å²) in [6, 6.07) is 9.80. The van der Waals surface area contributed by atoms with Crippen molar-refractivity contribution in [3.05, 3.63) is 40.8 Å². The number of hydrogen-bond donors (Lipinski definition) is 1. The maximum Gasteiger partial charge on any atom is 0.348 e. The van der Waals surface area contributed by atoms with E-state index in [-0.39, 0.29) is 10.5 Å². The molecule has 0 amide bonds. The molecule has 1 aromatic heterocycles. The van der Waals surface area contributed by atoms with E-state index in [1.165, 1.54) is 18.4 Å². The van der Waals surface area contributed by atoms with Crippen LogP contribution in [0.1, 0.15) is 47.8 Å². The molecule has 152 valence electrons. The van der Waals surface area contributed by atoms with Crippen molar-refractivity contribution < 1.29 is 19.0 Å². The SMILES string of the molecule is COP(=O)(C1CCC(C)CC1)N(C)c1cc(-c2ccc(C)cc2)sc1C(=O)O. The lowest BCUT2D eigenvalue weighted by molar-refractivity contribution is 0.0703. The molecule has 0 saturated heterocycles. The molecular formula is C21H28NO4PS. The van der Waals surface area contributed by atoms with E-state index in [1.807, 2.05) is 37.3 Å². The number of benzene rings is 1. The zero-order chi connectivity index (χ0) is 20.5. The third kappa shape index (κ3) is 4.05. The van der Waals surface area contributed by atoms with Crippen LogP contribution >= 0.6 is 18.9 Å². The van der Waals surface area contributed by atoms with Crippen LogP contribution in [0.2, 0.25) is 0 Å². The average molecular weight is 421 g/mol. The molecule has 1 atom stereocenters. The molecule has 1 N–H and O–H groups in total. The van der Waals surface area contributed by atoms with E-state index < -0.39 is 13.5 Å². The molecule has 0 spiro atoms. The molecule has 1 aliphatic rings. The predicted octanol–water partition coefficient (Wildman–Crippen LogP) is 6.28. The topological polar surface area (TPSA) is 66.8 Å². The number of thiophene rings is 1. The number of nitrogens with zero attached hydrogens (tertiary/aromatic N) is 1. The van der Waals surface area contributed by atoms with E-state index in [4.69, 9.17) is 4.52 Å². The van der Waals surface area contributed by atoms with Crippen LogP contribution in [-0.2, 0) is 9.09 Å². The van der Waals surface area contributed by atoms with Gasteiger partial charge in [-0.2, -0.15) is 0 Å². The van der Waals surface area contributed by atoms with Crippen molar-refractivity contribution in [1.29, 1.82) is 0 Å². The second-order valence-electron chi connectivity index (χ2n) is 7.68. The molecule has 1 heterocycles. The van der Waals surface area contributed by atoms with Gasteiger partial charge >= 0.3 is 5.97 Å². The molecule has 1 aromatic carbocycles. The van der Waals surface area contributed by atoms with Crippen LogP contribution < -0.4 is 4.67 Å². The predicted molar refractivity (Wildman–Crippen MR) is 116 cm³/mol. The van der Waals surface area contributed by atoms with Gasteiger partial charge < -0.3 is 14.3 Å². The molecule has 5 nitrogen and oxygen atoms in total. The number of aryl methyl sites for hydroxylation is 1. The standard InChI is InChI=1S/C21H28NO4PS/c1-14-5-9-16(10-6-14)19-13-18(20(28-19)21(23)24)22(3)27(25,26-4)17-11-7-15(2)8-12-17/h5-6,9-10,13,15,17H,7-8,11-12H2,1-4H3,(H,23,24). The van der Waals surface area contributed by atoms with Crippen LogP contribution in [0.5, 0.6) is 0 Å². The van der Waals surface area contributed by atoms with Gasteiger partial charge in [0, 0.05) is 19.0 Å². The van der Waals surface area contributed by atoms with E-state index in [1.54, 1.807) is 11.7 Å². The van der Waals surface area contributed by atoms with Crippen molar-refractivity contribution in [2.45, 2.75) is 45.2 Å². The molecular weight excluding hydrogens is 393 g/mol. The highest BCUT2D eigenvalue weighted by Gasteiger charge is 2.41. The minimum atomic E-state index is -3.19. The Hall–Kier alpha value is -1.62. The Morgan fingerprint density at radius 1 is 1.21 bits per heavy atom. The molecule has 2 aromatic rings. The van der Waals surface area contributed by atoms with E-state index in [9.17, 15) is 14.5 Å². The van der Waals surface area contributed by atoms with Crippen molar-refractivity contribution in [1.82, 2.24) is 0 Å². The number of aromatic carboxylic acids is 1. The highest BCUT2D eigenvalue weighted by Crippen LogP contribution is 2.61. The summed E-state index contributed by atoms with van der Waals surface area (Å²) in [4.78, 5) is 13.0. The summed E-state index contributed by atoms with van der Waals surface area (Å²) in [7, 11) is -0.0119. The zero-order valence-electron chi connectivity index (χ0n) is 16.8. The molecule has 28 heavy (non-hydrogen) atoms. The van der Waals surface area contributed by atoms with Crippen LogP contribution in [0, 0.1) is 12.8 Å². The summed E-state index contributed by atoms with van der Waals surface area (Å²) in [5.74, 6) is -0.374. The highest BCUT2D eigenvalue weighted by molar-refractivity contribution is 7.61. The summed E-state index contributed by atoms with van der Waals surface area (Å²) >= 11 is 1.21. The number of carboxylic acids is 1. The van der Waals surface area contributed by atoms with Crippen LogP contribution in [-0.4, -0.2) is 30.9 Å². The Bertz CT molecular complexity index is 884. The smallest absolute Gasteiger partial charge is 0.348 e. The number of carboxylic acid groups (broad SMARTS) is 1. The fourth-order valence-corrected chi connectivity index (χ4v) is 7.41. The van der Waals surface area contributed by atoms with Crippen molar-refractivity contribution in [2.24, 2.45) is 5.92 Å². The molecule has 0 aliphatic heterocycles. The van der Waals surface area contributed by atoms with Gasteiger partial charge in [0.25, 0.3) is 7.52 Å². The van der Waals surface area contributed by atoms with Crippen LogP contribution in [0.15, 0.2) is 30.3 Å². The third-order valence-corrected chi connectivity index (χ3v) is 9.89. The fraction of sp³-hybridized carbons (Fsp3) is 0.476. The van der Waals surface area contributed by atoms with Gasteiger partial charge in [-0.3, -0.25) is 4.57 Å². The highest BCUT2D eigenvalue weighted by atomic mass is 32.1. The normalized spacial score (nSPS) is 21.9. The molecule has 1 unspecified atom stereocenters. The first-order valence-corrected chi connectivity index (χ1v) is 12.1. The largest absolute Gasteiger partial charge is 0.477 e. The second kappa shape index (κ2) is 8.40. The van der Waals surface area contributed by atoms with E-state index >= 15 is 0 Å². The lowest BCUT2D eigenvalue weighted by Crippen LogP contribution is -2.27. The maximum atomic E-state index is 13.8. The summed E-state index contributed by atoms with van der Waals surface area (Å²) in [6.45, 7) is 4.23. The van der Waals surface area contributed by atoms with E-state index in [2.05, 4.69) is 6.92 Å². The van der Waals surface area contributed by atoms with Crippen molar-refractivity contribution in [3.8, 4) is 10.4 Å². The minimum absolute atomic E-state index is 0.0666. The summed E-state index contributed by atoms with van der Waals surface area (Å²) in [6.07, 6.45) is 3.73. The van der Waals surface area contributed by atoms with Gasteiger partial charge in [0.05, 0.1) is 11.3 Å². The van der Waals surface area contributed by atoms with Crippen molar-refractivity contribution in [2.75, 3.05) is 18.8 Å². The first-order chi connectivity index (χ1) is 13.3.